The van der Waals surface area contributed by atoms with Crippen LogP contribution in [0.1, 0.15) is 29.9 Å². The average molecular weight is 328 g/mol. The largest absolute Gasteiger partial charge is 0.384 e. The van der Waals surface area contributed by atoms with Gasteiger partial charge in [-0.25, -0.2) is 0 Å². The Bertz CT molecular complexity index is 559. The van der Waals surface area contributed by atoms with Crippen LogP contribution in [0.2, 0.25) is 0 Å². The number of hydrogen-bond donors (Lipinski definition) is 4. The summed E-state index contributed by atoms with van der Waals surface area (Å²) in [4.78, 5) is 0. The van der Waals surface area contributed by atoms with E-state index in [0.29, 0.717) is 12.2 Å². The van der Waals surface area contributed by atoms with Crippen LogP contribution in [0.3, 0.4) is 0 Å². The minimum absolute atomic E-state index is 0.116. The number of H-pyrrole nitrogens is 1. The lowest BCUT2D eigenvalue weighted by Gasteiger charge is -2.15. The van der Waals surface area contributed by atoms with E-state index < -0.39 is 0 Å². The van der Waals surface area contributed by atoms with Crippen molar-refractivity contribution in [3.8, 4) is 0 Å². The van der Waals surface area contributed by atoms with Crippen LogP contribution in [0.4, 0.5) is 5.82 Å². The van der Waals surface area contributed by atoms with Gasteiger partial charge >= 0.3 is 0 Å². The van der Waals surface area contributed by atoms with E-state index in [1.165, 1.54) is 0 Å². The van der Waals surface area contributed by atoms with Gasteiger partial charge in [0, 0.05) is 19.0 Å². The van der Waals surface area contributed by atoms with Crippen LogP contribution in [0.25, 0.3) is 0 Å². The van der Waals surface area contributed by atoms with Gasteiger partial charge in [-0.3, -0.25) is 21.0 Å². The molecule has 1 atom stereocenters. The predicted molar refractivity (Wildman–Crippen MR) is 77.1 cm³/mol. The minimum atomic E-state index is -0.116. The summed E-state index contributed by atoms with van der Waals surface area (Å²) in [6.07, 6.45) is 3.23. The van der Waals surface area contributed by atoms with E-state index in [1.54, 1.807) is 6.20 Å². The molecule has 0 saturated heterocycles. The van der Waals surface area contributed by atoms with Crippen LogP contribution in [0.5, 0.6) is 0 Å². The molecule has 0 spiro atoms. The van der Waals surface area contributed by atoms with Crippen molar-refractivity contribution in [1.29, 1.82) is 0 Å². The molecule has 0 saturated carbocycles. The number of rotatable bonds is 5. The van der Waals surface area contributed by atoms with Crippen LogP contribution < -0.4 is 17.0 Å². The van der Waals surface area contributed by atoms with Crippen molar-refractivity contribution in [2.24, 2.45) is 12.9 Å². The van der Waals surface area contributed by atoms with E-state index in [-0.39, 0.29) is 6.04 Å². The zero-order valence-electron chi connectivity index (χ0n) is 10.9. The van der Waals surface area contributed by atoms with Gasteiger partial charge in [0.2, 0.25) is 0 Å². The highest BCUT2D eigenvalue weighted by Gasteiger charge is 2.20. The maximum Gasteiger partial charge on any atom is 0.123 e. The van der Waals surface area contributed by atoms with Gasteiger partial charge in [-0.15, -0.1) is 0 Å². The highest BCUT2D eigenvalue weighted by molar-refractivity contribution is 9.10. The first-order valence-electron chi connectivity index (χ1n) is 6.03. The Hall–Kier alpha value is -1.38. The number of aryl methyl sites for hydroxylation is 2. The van der Waals surface area contributed by atoms with Crippen molar-refractivity contribution in [2.45, 2.75) is 25.8 Å². The molecule has 2 aromatic heterocycles. The summed E-state index contributed by atoms with van der Waals surface area (Å²) in [6, 6.07) is -0.116. The quantitative estimate of drug-likeness (QED) is 0.479. The van der Waals surface area contributed by atoms with E-state index in [0.717, 1.165) is 27.8 Å². The van der Waals surface area contributed by atoms with E-state index in [4.69, 9.17) is 11.6 Å². The zero-order valence-corrected chi connectivity index (χ0v) is 12.5. The molecule has 0 fully saturated rings. The summed E-state index contributed by atoms with van der Waals surface area (Å²) in [5, 5.41) is 11.1. The number of halogens is 1. The van der Waals surface area contributed by atoms with Gasteiger partial charge in [0.1, 0.15) is 5.82 Å². The third-order valence-corrected chi connectivity index (χ3v) is 4.09. The Morgan fingerprint density at radius 2 is 2.32 bits per heavy atom. The van der Waals surface area contributed by atoms with Gasteiger partial charge < -0.3 is 5.73 Å². The topological polar surface area (TPSA) is 111 Å². The molecule has 8 heteroatoms. The zero-order chi connectivity index (χ0) is 14.0. The third-order valence-electron chi connectivity index (χ3n) is 3.18. The van der Waals surface area contributed by atoms with E-state index >= 15 is 0 Å². The Kier molecular flexibility index (Phi) is 4.23. The molecule has 7 nitrogen and oxygen atoms in total. The van der Waals surface area contributed by atoms with Gasteiger partial charge in [0.25, 0.3) is 0 Å². The number of nitrogen functional groups attached to an aromatic ring is 1. The SMILES string of the molecule is CCc1nn(C)c(CC(NN)c2cn[nH]c2N)c1Br. The van der Waals surface area contributed by atoms with Crippen molar-refractivity contribution in [3.05, 3.63) is 27.6 Å². The molecule has 1 unspecified atom stereocenters. The normalized spacial score (nSPS) is 12.8. The van der Waals surface area contributed by atoms with Crippen molar-refractivity contribution < 1.29 is 0 Å². The van der Waals surface area contributed by atoms with Crippen LogP contribution in [0.15, 0.2) is 10.7 Å². The lowest BCUT2D eigenvalue weighted by atomic mass is 10.0. The maximum absolute atomic E-state index is 5.83. The number of hydrogen-bond acceptors (Lipinski definition) is 5. The third kappa shape index (κ3) is 2.65. The monoisotopic (exact) mass is 327 g/mol. The lowest BCUT2D eigenvalue weighted by Crippen LogP contribution is -2.30. The number of hydrazine groups is 1. The highest BCUT2D eigenvalue weighted by Crippen LogP contribution is 2.27. The van der Waals surface area contributed by atoms with Gasteiger partial charge in [0.15, 0.2) is 0 Å². The molecule has 2 heterocycles. The minimum Gasteiger partial charge on any atom is -0.384 e. The summed E-state index contributed by atoms with van der Waals surface area (Å²) in [5.74, 6) is 6.15. The van der Waals surface area contributed by atoms with Crippen LogP contribution in [-0.4, -0.2) is 20.0 Å². The molecule has 0 bridgehead atoms. The van der Waals surface area contributed by atoms with Crippen molar-refractivity contribution >= 4 is 21.7 Å². The molecule has 19 heavy (non-hydrogen) atoms. The Labute approximate surface area is 119 Å². The van der Waals surface area contributed by atoms with Crippen LogP contribution in [-0.2, 0) is 19.9 Å². The number of nitrogens with one attached hydrogen (secondary N) is 2. The molecule has 0 amide bonds. The molecule has 0 aliphatic heterocycles. The maximum atomic E-state index is 5.83. The Morgan fingerprint density at radius 3 is 2.79 bits per heavy atom. The van der Waals surface area contributed by atoms with Crippen molar-refractivity contribution in [1.82, 2.24) is 25.4 Å². The molecular weight excluding hydrogens is 310 g/mol. The average Bonchev–Trinajstić information content (AvgIpc) is 2.93. The number of anilines is 1. The molecule has 2 aromatic rings. The number of aromatic amines is 1. The molecule has 6 N–H and O–H groups in total. The summed E-state index contributed by atoms with van der Waals surface area (Å²) >= 11 is 3.60. The fourth-order valence-corrected chi connectivity index (χ4v) is 2.85. The number of nitrogens with two attached hydrogens (primary N) is 2. The van der Waals surface area contributed by atoms with Crippen molar-refractivity contribution in [2.75, 3.05) is 5.73 Å². The van der Waals surface area contributed by atoms with Crippen LogP contribution >= 0.6 is 15.9 Å². The van der Waals surface area contributed by atoms with Crippen molar-refractivity contribution in [3.63, 3.8) is 0 Å². The summed E-state index contributed by atoms with van der Waals surface area (Å²) in [5.41, 5.74) is 11.6. The van der Waals surface area contributed by atoms with Gasteiger partial charge in [-0.2, -0.15) is 10.2 Å². The summed E-state index contributed by atoms with van der Waals surface area (Å²) in [7, 11) is 1.92. The fourth-order valence-electron chi connectivity index (χ4n) is 2.08. The molecule has 0 aliphatic rings. The molecule has 0 radical (unpaired) electrons. The molecule has 0 aliphatic carbocycles. The molecule has 0 aromatic carbocycles. The highest BCUT2D eigenvalue weighted by atomic mass is 79.9. The van der Waals surface area contributed by atoms with Gasteiger partial charge in [-0.05, 0) is 22.4 Å². The molecule has 104 valence electrons. The Morgan fingerprint density at radius 1 is 1.58 bits per heavy atom. The lowest BCUT2D eigenvalue weighted by molar-refractivity contribution is 0.530. The van der Waals surface area contributed by atoms with E-state index in [9.17, 15) is 0 Å². The van der Waals surface area contributed by atoms with E-state index in [1.807, 2.05) is 11.7 Å². The summed E-state index contributed by atoms with van der Waals surface area (Å²) < 4.78 is 2.89. The van der Waals surface area contributed by atoms with Gasteiger partial charge in [0.05, 0.1) is 28.1 Å². The predicted octanol–water partition coefficient (Wildman–Crippen LogP) is 0.797. The van der Waals surface area contributed by atoms with Crippen LogP contribution in [0, 0.1) is 0 Å². The second-order valence-electron chi connectivity index (χ2n) is 4.35. The summed E-state index contributed by atoms with van der Waals surface area (Å²) in [6.45, 7) is 2.07. The Balaban J connectivity index is 2.29. The first-order chi connectivity index (χ1) is 9.08. The first kappa shape index (κ1) is 14.0. The second kappa shape index (κ2) is 5.72. The first-order valence-corrected chi connectivity index (χ1v) is 6.82. The van der Waals surface area contributed by atoms with E-state index in [2.05, 4.69) is 43.6 Å². The number of nitrogens with zero attached hydrogens (tertiary/aromatic N) is 3. The molecule has 2 rings (SSSR count). The van der Waals surface area contributed by atoms with Gasteiger partial charge in [-0.1, -0.05) is 6.92 Å². The molecular formula is C11H18BrN7. The second-order valence-corrected chi connectivity index (χ2v) is 5.14. The standard InChI is InChI=1S/C11H18BrN7/c1-3-7-10(12)9(19(2)18-7)4-8(16-14)6-5-15-17-11(6)13/h5,8,16H,3-4,14H2,1-2H3,(H3,13,15,17). The smallest absolute Gasteiger partial charge is 0.123 e. The fraction of sp³-hybridized carbons (Fsp3) is 0.455. The number of aromatic nitrogens is 4.